The van der Waals surface area contributed by atoms with E-state index in [4.69, 9.17) is 14.5 Å². The van der Waals surface area contributed by atoms with Crippen molar-refractivity contribution in [1.82, 2.24) is 29.3 Å². The van der Waals surface area contributed by atoms with Crippen molar-refractivity contribution in [2.24, 2.45) is 5.41 Å². The van der Waals surface area contributed by atoms with Gasteiger partial charge in [0.1, 0.15) is 10.4 Å². The number of benzene rings is 1. The zero-order valence-electron chi connectivity index (χ0n) is 26.0. The highest BCUT2D eigenvalue weighted by Gasteiger charge is 2.50. The first kappa shape index (κ1) is 30.1. The fraction of sp³-hybridized carbons (Fsp3) is 0.469. The molecule has 1 saturated heterocycles. The van der Waals surface area contributed by atoms with Gasteiger partial charge in [-0.15, -0.1) is 15.9 Å². The largest absolute Gasteiger partial charge is 0.481 e. The highest BCUT2D eigenvalue weighted by molar-refractivity contribution is 8.22. The van der Waals surface area contributed by atoms with Gasteiger partial charge in [-0.2, -0.15) is 4.31 Å². The molecule has 1 aliphatic carbocycles. The van der Waals surface area contributed by atoms with Crippen LogP contribution in [0.3, 0.4) is 0 Å². The summed E-state index contributed by atoms with van der Waals surface area (Å²) in [5, 5.41) is 19.4. The van der Waals surface area contributed by atoms with Crippen molar-refractivity contribution in [3.8, 4) is 5.88 Å². The van der Waals surface area contributed by atoms with Crippen LogP contribution in [0.2, 0.25) is 0 Å². The Morgan fingerprint density at radius 1 is 1.13 bits per heavy atom. The molecule has 12 nitrogen and oxygen atoms in total. The quantitative estimate of drug-likeness (QED) is 0.239. The van der Waals surface area contributed by atoms with E-state index in [9.17, 15) is 19.0 Å². The van der Waals surface area contributed by atoms with E-state index in [1.54, 1.807) is 36.6 Å². The molecule has 1 spiro atoms. The number of carboxylic acids is 1. The first-order chi connectivity index (χ1) is 21.3. The summed E-state index contributed by atoms with van der Waals surface area (Å²) in [6.45, 7) is 10.1. The highest BCUT2D eigenvalue weighted by atomic mass is 32.3. The third-order valence-corrected chi connectivity index (χ3v) is 11.3. The van der Waals surface area contributed by atoms with Gasteiger partial charge < -0.3 is 14.6 Å². The van der Waals surface area contributed by atoms with E-state index < -0.39 is 33.7 Å². The predicted octanol–water partition coefficient (Wildman–Crippen LogP) is 5.41. The summed E-state index contributed by atoms with van der Waals surface area (Å²) in [6, 6.07) is 8.00. The predicted molar refractivity (Wildman–Crippen MR) is 167 cm³/mol. The number of fused-ring (bicyclic) bond motifs is 2. The maximum atomic E-state index is 12.8. The molecule has 1 saturated carbocycles. The Balaban J connectivity index is 1.31. The minimum absolute atomic E-state index is 0.140. The van der Waals surface area contributed by atoms with Gasteiger partial charge in [0, 0.05) is 30.6 Å². The fourth-order valence-corrected chi connectivity index (χ4v) is 8.17. The van der Waals surface area contributed by atoms with Gasteiger partial charge in [0.2, 0.25) is 5.88 Å². The number of hydrogen-bond donors (Lipinski definition) is 3. The van der Waals surface area contributed by atoms with Gasteiger partial charge in [-0.3, -0.25) is 18.9 Å². The zero-order valence-corrected chi connectivity index (χ0v) is 26.8. The van der Waals surface area contributed by atoms with Crippen molar-refractivity contribution in [2.45, 2.75) is 76.5 Å². The lowest BCUT2D eigenvalue weighted by atomic mass is 9.70. The number of rotatable bonds is 7. The van der Waals surface area contributed by atoms with Crippen molar-refractivity contribution in [3.63, 3.8) is 0 Å². The number of hydrogen-bond acceptors (Lipinski definition) is 10. The van der Waals surface area contributed by atoms with Crippen molar-refractivity contribution in [2.75, 3.05) is 19.8 Å². The monoisotopic (exact) mass is 634 g/mol. The Morgan fingerprint density at radius 3 is 2.56 bits per heavy atom. The average molecular weight is 635 g/mol. The number of ether oxygens (including phenoxy) is 2. The number of carbonyl (C=O) groups is 1. The number of pyridine rings is 2. The van der Waals surface area contributed by atoms with E-state index in [-0.39, 0.29) is 23.9 Å². The van der Waals surface area contributed by atoms with Gasteiger partial charge in [0.25, 0.3) is 0 Å². The van der Waals surface area contributed by atoms with Gasteiger partial charge in [-0.1, -0.05) is 17.3 Å². The Labute approximate surface area is 262 Å². The van der Waals surface area contributed by atoms with Crippen molar-refractivity contribution < 1.29 is 28.5 Å². The fourth-order valence-electron chi connectivity index (χ4n) is 6.49. The summed E-state index contributed by atoms with van der Waals surface area (Å²) in [4.78, 5) is 22.1. The van der Waals surface area contributed by atoms with E-state index in [0.29, 0.717) is 30.5 Å². The molecular weight excluding hydrogens is 596 g/mol. The molecule has 1 atom stereocenters. The van der Waals surface area contributed by atoms with E-state index in [1.165, 1.54) is 0 Å². The Bertz CT molecular complexity index is 1830. The van der Waals surface area contributed by atoms with Crippen LogP contribution in [-0.2, 0) is 16.1 Å². The standard InChI is InChI=1S/C32H38N6O6S/c1-18-10-26-29(34-12-18)44-32(16-43-17-32)15-37(45(26,41)42)14-22-11-21(13-33-20(22)3)27(31(4,5)30(39)40)24-8-9-25-28(19(24)2)35-36-38(25)23-6-7-23/h8-13,23,27,41-42H,6-7,14-17H2,1-5H3,(H,39,40). The summed E-state index contributed by atoms with van der Waals surface area (Å²) in [7, 11) is -3.51. The SMILES string of the molecule is Cc1cnc2c(c1)S(O)(O)N(Cc1cc(C(c3ccc4c(nnn4C4CC4)c3C)C(C)(C)C(=O)O)cnc1C)CC1(COC1)O2. The topological polar surface area (TPSA) is 156 Å². The summed E-state index contributed by atoms with van der Waals surface area (Å²) < 4.78 is 38.8. The lowest BCUT2D eigenvalue weighted by Gasteiger charge is -2.46. The van der Waals surface area contributed by atoms with Crippen LogP contribution >= 0.6 is 10.8 Å². The second kappa shape index (κ2) is 10.5. The Morgan fingerprint density at radius 2 is 1.89 bits per heavy atom. The molecule has 4 aromatic rings. The van der Waals surface area contributed by atoms with Crippen LogP contribution in [0.25, 0.3) is 11.0 Å². The molecule has 3 aliphatic rings. The number of nitrogens with zero attached hydrogens (tertiary/aromatic N) is 6. The summed E-state index contributed by atoms with van der Waals surface area (Å²) in [5.74, 6) is -1.33. The van der Waals surface area contributed by atoms with Crippen molar-refractivity contribution in [3.05, 3.63) is 70.2 Å². The molecule has 5 heterocycles. The smallest absolute Gasteiger partial charge is 0.310 e. The van der Waals surface area contributed by atoms with Crippen molar-refractivity contribution >= 4 is 27.8 Å². The first-order valence-corrected chi connectivity index (χ1v) is 16.6. The van der Waals surface area contributed by atoms with E-state index >= 15 is 0 Å². The maximum Gasteiger partial charge on any atom is 0.310 e. The lowest BCUT2D eigenvalue weighted by Crippen LogP contribution is -2.60. The van der Waals surface area contributed by atoms with Gasteiger partial charge in [-0.25, -0.2) is 9.67 Å². The molecule has 2 aliphatic heterocycles. The number of aromatic nitrogens is 5. The van der Waals surface area contributed by atoms with E-state index in [2.05, 4.69) is 15.3 Å². The summed E-state index contributed by atoms with van der Waals surface area (Å²) >= 11 is 0. The van der Waals surface area contributed by atoms with Gasteiger partial charge in [0.15, 0.2) is 5.60 Å². The third kappa shape index (κ3) is 4.97. The molecule has 0 radical (unpaired) electrons. The molecule has 3 N–H and O–H groups in total. The van der Waals surface area contributed by atoms with Crippen LogP contribution < -0.4 is 4.74 Å². The molecule has 0 amide bonds. The normalized spacial score (nSPS) is 20.6. The van der Waals surface area contributed by atoms with Crippen LogP contribution in [0.5, 0.6) is 5.88 Å². The molecule has 2 fully saturated rings. The second-order valence-electron chi connectivity index (χ2n) is 13.3. The molecular formula is C32H38N6O6S. The number of aryl methyl sites for hydroxylation is 3. The Kier molecular flexibility index (Phi) is 6.99. The second-order valence-corrected chi connectivity index (χ2v) is 15.3. The minimum atomic E-state index is -3.51. The number of carboxylic acid groups (broad SMARTS) is 1. The lowest BCUT2D eigenvalue weighted by molar-refractivity contribution is -0.167. The van der Waals surface area contributed by atoms with Crippen LogP contribution in [0, 0.1) is 26.2 Å². The van der Waals surface area contributed by atoms with Crippen LogP contribution in [0.1, 0.15) is 72.2 Å². The zero-order chi connectivity index (χ0) is 31.9. The molecule has 7 rings (SSSR count). The van der Waals surface area contributed by atoms with Crippen molar-refractivity contribution in [1.29, 1.82) is 0 Å². The molecule has 13 heteroatoms. The molecule has 3 aromatic heterocycles. The first-order valence-electron chi connectivity index (χ1n) is 15.1. The van der Waals surface area contributed by atoms with Gasteiger partial charge in [-0.05, 0) is 87.4 Å². The molecule has 238 valence electrons. The third-order valence-electron chi connectivity index (χ3n) is 9.43. The number of aliphatic carboxylic acids is 1. The molecule has 0 bridgehead atoms. The molecule has 45 heavy (non-hydrogen) atoms. The Hall–Kier alpha value is -3.62. The van der Waals surface area contributed by atoms with Gasteiger partial charge >= 0.3 is 5.97 Å². The van der Waals surface area contributed by atoms with Gasteiger partial charge in [0.05, 0.1) is 36.7 Å². The molecule has 1 aromatic carbocycles. The average Bonchev–Trinajstić information content (AvgIpc) is 3.73. The minimum Gasteiger partial charge on any atom is -0.481 e. The van der Waals surface area contributed by atoms with E-state index in [1.807, 2.05) is 43.7 Å². The molecule has 1 unspecified atom stereocenters. The maximum absolute atomic E-state index is 12.8. The van der Waals surface area contributed by atoms with E-state index in [0.717, 1.165) is 46.1 Å². The summed E-state index contributed by atoms with van der Waals surface area (Å²) in [6.07, 6.45) is 5.53. The summed E-state index contributed by atoms with van der Waals surface area (Å²) in [5.41, 5.74) is 4.38. The van der Waals surface area contributed by atoms with Crippen LogP contribution in [-0.4, -0.2) is 74.8 Å². The highest BCUT2D eigenvalue weighted by Crippen LogP contribution is 2.59. The van der Waals surface area contributed by atoms with Crippen LogP contribution in [0.15, 0.2) is 41.6 Å². The van der Waals surface area contributed by atoms with Crippen LogP contribution in [0.4, 0.5) is 0 Å².